The van der Waals surface area contributed by atoms with Gasteiger partial charge in [0, 0.05) is 11.1 Å². The highest BCUT2D eigenvalue weighted by molar-refractivity contribution is 5.73. The Hall–Kier alpha value is -2.25. The summed E-state index contributed by atoms with van der Waals surface area (Å²) in [6.07, 6.45) is -3.77. The maximum absolute atomic E-state index is 11.7. The summed E-state index contributed by atoms with van der Waals surface area (Å²) in [6, 6.07) is 18.6. The van der Waals surface area contributed by atoms with Crippen LogP contribution in [0.5, 0.6) is 0 Å². The summed E-state index contributed by atoms with van der Waals surface area (Å²) >= 11 is 0. The van der Waals surface area contributed by atoms with Crippen molar-refractivity contribution in [1.29, 1.82) is 0 Å². The van der Waals surface area contributed by atoms with Crippen molar-refractivity contribution in [2.45, 2.75) is 30.9 Å². The molecule has 2 aromatic rings. The fourth-order valence-electron chi connectivity index (χ4n) is 3.08. The predicted octanol–water partition coefficient (Wildman–Crippen LogP) is 2.67. The van der Waals surface area contributed by atoms with Crippen LogP contribution in [0.25, 0.3) is 0 Å². The fourth-order valence-corrected chi connectivity index (χ4v) is 3.08. The van der Waals surface area contributed by atoms with Crippen molar-refractivity contribution in [1.82, 2.24) is 0 Å². The van der Waals surface area contributed by atoms with Gasteiger partial charge in [0.15, 0.2) is 18.7 Å². The van der Waals surface area contributed by atoms with Gasteiger partial charge in [-0.25, -0.2) is 4.79 Å². The zero-order valence-electron chi connectivity index (χ0n) is 13.4. The molecule has 2 aliphatic heterocycles. The Labute approximate surface area is 144 Å². The van der Waals surface area contributed by atoms with Gasteiger partial charge >= 0.3 is 5.97 Å². The van der Waals surface area contributed by atoms with Crippen molar-refractivity contribution in [2.24, 2.45) is 0 Å². The molecule has 2 unspecified atom stereocenters. The van der Waals surface area contributed by atoms with E-state index >= 15 is 0 Å². The van der Waals surface area contributed by atoms with Crippen LogP contribution in [-0.2, 0) is 23.7 Å². The Balaban J connectivity index is 1.55. The molecule has 5 atom stereocenters. The zero-order chi connectivity index (χ0) is 17.2. The van der Waals surface area contributed by atoms with E-state index < -0.39 is 36.9 Å². The summed E-state index contributed by atoms with van der Waals surface area (Å²) in [5, 5.41) is 9.60. The van der Waals surface area contributed by atoms with Crippen LogP contribution in [-0.4, -0.2) is 36.0 Å². The summed E-state index contributed by atoms with van der Waals surface area (Å²) in [7, 11) is 0. The highest BCUT2D eigenvalue weighted by atomic mass is 16.8. The van der Waals surface area contributed by atoms with Gasteiger partial charge in [0.05, 0.1) is 6.61 Å². The average Bonchev–Trinajstić information content (AvgIpc) is 2.68. The van der Waals surface area contributed by atoms with Crippen LogP contribution in [0.4, 0.5) is 0 Å². The van der Waals surface area contributed by atoms with E-state index in [0.29, 0.717) is 0 Å². The minimum Gasteiger partial charge on any atom is -0.479 e. The smallest absolute Gasteiger partial charge is 0.335 e. The summed E-state index contributed by atoms with van der Waals surface area (Å²) < 4.78 is 23.2. The normalized spacial score (nSPS) is 31.9. The molecule has 0 radical (unpaired) electrons. The largest absolute Gasteiger partial charge is 0.479 e. The molecule has 0 amide bonds. The SMILES string of the molecule is O=C(O)[C@@H]1OC(c2ccccc2)O[C@@H]2COC(c3ccccc3)O[C@@H]21. The van der Waals surface area contributed by atoms with Crippen LogP contribution in [0.3, 0.4) is 0 Å². The Morgan fingerprint density at radius 2 is 1.44 bits per heavy atom. The number of ether oxygens (including phenoxy) is 4. The van der Waals surface area contributed by atoms with Gasteiger partial charge in [0.2, 0.25) is 0 Å². The lowest BCUT2D eigenvalue weighted by Crippen LogP contribution is -2.56. The summed E-state index contributed by atoms with van der Waals surface area (Å²) in [5.74, 6) is -1.08. The van der Waals surface area contributed by atoms with Gasteiger partial charge in [-0.1, -0.05) is 60.7 Å². The second kappa shape index (κ2) is 6.93. The van der Waals surface area contributed by atoms with E-state index in [1.54, 1.807) is 0 Å². The van der Waals surface area contributed by atoms with E-state index in [1.807, 2.05) is 60.7 Å². The number of fused-ring (bicyclic) bond motifs is 1. The van der Waals surface area contributed by atoms with Gasteiger partial charge in [-0.2, -0.15) is 0 Å². The molecule has 6 heteroatoms. The van der Waals surface area contributed by atoms with Crippen LogP contribution in [0, 0.1) is 0 Å². The molecule has 0 bridgehead atoms. The fraction of sp³-hybridized carbons (Fsp3) is 0.316. The lowest BCUT2D eigenvalue weighted by molar-refractivity contribution is -0.359. The first-order valence-electron chi connectivity index (χ1n) is 8.13. The Morgan fingerprint density at radius 1 is 0.840 bits per heavy atom. The molecule has 0 aromatic heterocycles. The molecule has 2 heterocycles. The summed E-state index contributed by atoms with van der Waals surface area (Å²) in [5.41, 5.74) is 1.59. The zero-order valence-corrected chi connectivity index (χ0v) is 13.4. The van der Waals surface area contributed by atoms with Crippen molar-refractivity contribution >= 4 is 5.97 Å². The van der Waals surface area contributed by atoms with Crippen LogP contribution in [0.1, 0.15) is 23.7 Å². The van der Waals surface area contributed by atoms with Crippen molar-refractivity contribution in [2.75, 3.05) is 6.61 Å². The molecule has 1 N–H and O–H groups in total. The molecule has 6 nitrogen and oxygen atoms in total. The molecule has 0 spiro atoms. The second-order valence-corrected chi connectivity index (χ2v) is 5.99. The molecule has 2 saturated heterocycles. The standard InChI is InChI=1S/C19H18O6/c20-17(21)16-15-14(23-19(25-16)13-9-5-2-6-10-13)11-22-18(24-15)12-7-3-1-4-8-12/h1-10,14-16,18-19H,11H2,(H,20,21)/t14-,15+,16-,18?,19?/m1/s1. The number of hydrogen-bond donors (Lipinski definition) is 1. The third kappa shape index (κ3) is 3.29. The van der Waals surface area contributed by atoms with Crippen molar-refractivity contribution in [3.63, 3.8) is 0 Å². The predicted molar refractivity (Wildman–Crippen MR) is 86.6 cm³/mol. The summed E-state index contributed by atoms with van der Waals surface area (Å²) in [6.45, 7) is 0.237. The summed E-state index contributed by atoms with van der Waals surface area (Å²) in [4.78, 5) is 11.7. The molecule has 4 rings (SSSR count). The molecule has 2 fully saturated rings. The van der Waals surface area contributed by atoms with E-state index in [9.17, 15) is 9.90 Å². The quantitative estimate of drug-likeness (QED) is 0.924. The molecular weight excluding hydrogens is 324 g/mol. The number of carboxylic acids is 1. The highest BCUT2D eigenvalue weighted by Crippen LogP contribution is 2.37. The Bertz CT molecular complexity index is 719. The van der Waals surface area contributed by atoms with Gasteiger partial charge < -0.3 is 24.1 Å². The third-order valence-corrected chi connectivity index (χ3v) is 4.31. The van der Waals surface area contributed by atoms with E-state index in [-0.39, 0.29) is 6.61 Å². The van der Waals surface area contributed by atoms with Crippen LogP contribution < -0.4 is 0 Å². The number of carboxylic acid groups (broad SMARTS) is 1. The minimum atomic E-state index is -1.13. The minimum absolute atomic E-state index is 0.237. The van der Waals surface area contributed by atoms with Gasteiger partial charge in [-0.3, -0.25) is 0 Å². The van der Waals surface area contributed by atoms with E-state index in [4.69, 9.17) is 18.9 Å². The Kier molecular flexibility index (Phi) is 4.50. The first-order valence-corrected chi connectivity index (χ1v) is 8.13. The molecule has 130 valence electrons. The topological polar surface area (TPSA) is 74.2 Å². The van der Waals surface area contributed by atoms with Gasteiger partial charge in [0.25, 0.3) is 0 Å². The van der Waals surface area contributed by atoms with Crippen molar-refractivity contribution in [3.8, 4) is 0 Å². The van der Waals surface area contributed by atoms with Crippen LogP contribution in [0.15, 0.2) is 60.7 Å². The van der Waals surface area contributed by atoms with Crippen LogP contribution >= 0.6 is 0 Å². The molecule has 0 aliphatic carbocycles. The third-order valence-electron chi connectivity index (χ3n) is 4.31. The number of carbonyl (C=O) groups is 1. The number of hydrogen-bond acceptors (Lipinski definition) is 5. The maximum Gasteiger partial charge on any atom is 0.335 e. The van der Waals surface area contributed by atoms with E-state index in [2.05, 4.69) is 0 Å². The molecule has 2 aromatic carbocycles. The lowest BCUT2D eigenvalue weighted by Gasteiger charge is -2.44. The van der Waals surface area contributed by atoms with Crippen molar-refractivity contribution < 1.29 is 28.8 Å². The van der Waals surface area contributed by atoms with E-state index in [1.165, 1.54) is 0 Å². The highest BCUT2D eigenvalue weighted by Gasteiger charge is 2.48. The maximum atomic E-state index is 11.7. The monoisotopic (exact) mass is 342 g/mol. The second-order valence-electron chi connectivity index (χ2n) is 5.99. The molecule has 2 aliphatic rings. The van der Waals surface area contributed by atoms with Gasteiger partial charge in [-0.15, -0.1) is 0 Å². The first kappa shape index (κ1) is 16.2. The molecule has 0 saturated carbocycles. The van der Waals surface area contributed by atoms with Crippen molar-refractivity contribution in [3.05, 3.63) is 71.8 Å². The number of rotatable bonds is 3. The number of benzene rings is 2. The Morgan fingerprint density at radius 3 is 2.04 bits per heavy atom. The van der Waals surface area contributed by atoms with Gasteiger partial charge in [0.1, 0.15) is 12.2 Å². The average molecular weight is 342 g/mol. The van der Waals surface area contributed by atoms with E-state index in [0.717, 1.165) is 11.1 Å². The lowest BCUT2D eigenvalue weighted by atomic mass is 10.0. The van der Waals surface area contributed by atoms with Gasteiger partial charge in [-0.05, 0) is 0 Å². The first-order chi connectivity index (χ1) is 12.2. The molecule has 25 heavy (non-hydrogen) atoms. The molecular formula is C19H18O6. The number of aliphatic carboxylic acids is 1. The van der Waals surface area contributed by atoms with Crippen LogP contribution in [0.2, 0.25) is 0 Å².